The third kappa shape index (κ3) is 37.3. The molecule has 101 heavy (non-hydrogen) atoms. The van der Waals surface area contributed by atoms with Crippen LogP contribution in [-0.4, -0.2) is 47.5 Å². The van der Waals surface area contributed by atoms with Gasteiger partial charge in [0.2, 0.25) is 5.91 Å². The number of aryl methyl sites for hydroxylation is 11. The third-order valence-corrected chi connectivity index (χ3v) is 14.5. The summed E-state index contributed by atoms with van der Waals surface area (Å²) in [6, 6.07) is 54.1. The monoisotopic (exact) mass is 1440 g/mol. The molecule has 0 aliphatic rings. The van der Waals surface area contributed by atoms with Crippen LogP contribution in [0.3, 0.4) is 0 Å². The van der Waals surface area contributed by atoms with Gasteiger partial charge >= 0.3 is 18.0 Å². The van der Waals surface area contributed by atoms with Gasteiger partial charge in [0.05, 0.1) is 39.6 Å². The number of hydrogen-bond acceptors (Lipinski definition) is 11. The topological polar surface area (TPSA) is 215 Å². The van der Waals surface area contributed by atoms with Crippen molar-refractivity contribution in [3.05, 3.63) is 306 Å². The van der Waals surface area contributed by atoms with Crippen molar-refractivity contribution in [2.45, 2.75) is 129 Å². The number of nitro groups is 3. The summed E-state index contributed by atoms with van der Waals surface area (Å²) in [5.41, 5.74) is 17.2. The van der Waals surface area contributed by atoms with E-state index in [1.807, 2.05) is 146 Å². The number of anilines is 2. The molecule has 0 atom stereocenters. The van der Waals surface area contributed by atoms with Crippen molar-refractivity contribution < 1.29 is 55.4 Å². The summed E-state index contributed by atoms with van der Waals surface area (Å²) in [6.45, 7) is 28.3. The first-order valence-electron chi connectivity index (χ1n) is 31.8. The predicted octanol–water partition coefficient (Wildman–Crippen LogP) is 22.9. The van der Waals surface area contributed by atoms with Crippen LogP contribution in [0.15, 0.2) is 188 Å². The van der Waals surface area contributed by atoms with Gasteiger partial charge in [-0.2, -0.15) is 26.3 Å². The Labute approximate surface area is 599 Å². The SMILES string of the molecule is CC(=O)Nc1cc(C)ccc1C.CCOc1ccc(C)cc1[N+](=O)[O-].COc1ccccc1C.Cc1cc(C(F)(F)F)cc(C(F)(F)F)c1.Cc1ccc(C)c(NCCCCCN)c1.Cc1ccc(Cl)cc1.Cc1cccc(Cl)c1.Cc1cccc([N+](=O)[O-])c1C.Cc1ccccc1[N+](=O)[O-]. The first-order valence-corrected chi connectivity index (χ1v) is 32.5. The molecule has 544 valence electrons. The standard InChI is InChI=1S/C13H22N2.C10H13NO.C9H6F6.C9H11NO3.C8H9NO2.C8H10O.2C7H7Cl.C7H7NO2/c1-11-6-7-12(2)13(10-11)15-9-5-3-4-8-14;1-7-4-5-8(2)10(6-7)11-9(3)12;1-5-2-6(8(10,11)12)4-7(3-5)9(13,14)15;1-3-13-9-5-4-7(2)6-8(9)10(11)12;1-6-4-3-5-8(7(6)2)9(10)11;1-7-5-3-4-6-8(7)9-2;1-6-2-4-7(8)5-3-6;1-6-3-2-4-7(8)5-6;1-6-4-2-3-5-7(6)8(9)10/h6-7,10,15H,3-5,8-9,14H2,1-2H3;4-6H,1-3H3,(H,11,12);2-4H,1H3;4-6H,3H2,1-2H3;3-5H,1-2H3;3-6H,1-2H3;2*2-5H,1H3;2-5H,1H3. The molecule has 0 spiro atoms. The van der Waals surface area contributed by atoms with Gasteiger partial charge in [-0.3, -0.25) is 35.1 Å². The number of hydrogen-bond donors (Lipinski definition) is 3. The molecule has 15 nitrogen and oxygen atoms in total. The minimum atomic E-state index is -4.76. The fraction of sp³-hybridized carbons (Fsp3) is 0.295. The molecule has 0 saturated carbocycles. The number of methoxy groups -OCH3 is 1. The Hall–Kier alpha value is -9.83. The molecule has 0 unspecified atom stereocenters. The average Bonchev–Trinajstić information content (AvgIpc) is 0.820. The van der Waals surface area contributed by atoms with Crippen LogP contribution < -0.4 is 25.8 Å². The van der Waals surface area contributed by atoms with E-state index < -0.39 is 28.4 Å². The Morgan fingerprint density at radius 3 is 1.36 bits per heavy atom. The van der Waals surface area contributed by atoms with Crippen LogP contribution in [0.2, 0.25) is 10.0 Å². The number of nitrogens with zero attached hydrogens (tertiary/aromatic N) is 3. The molecule has 0 radical (unpaired) electrons. The zero-order chi connectivity index (χ0) is 76.6. The van der Waals surface area contributed by atoms with Gasteiger partial charge in [0.15, 0.2) is 5.75 Å². The van der Waals surface area contributed by atoms with Gasteiger partial charge in [0.25, 0.3) is 11.4 Å². The Morgan fingerprint density at radius 1 is 0.455 bits per heavy atom. The smallest absolute Gasteiger partial charge is 0.416 e. The second kappa shape index (κ2) is 46.5. The molecule has 4 N–H and O–H groups in total. The summed E-state index contributed by atoms with van der Waals surface area (Å²) in [5, 5.41) is 39.0. The number of carbonyl (C=O) groups excluding carboxylic acids is 1. The second-order valence-electron chi connectivity index (χ2n) is 22.9. The quantitative estimate of drug-likeness (QED) is 0.0427. The molecule has 0 saturated heterocycles. The summed E-state index contributed by atoms with van der Waals surface area (Å²) < 4.78 is 83.2. The fourth-order valence-corrected chi connectivity index (χ4v) is 8.81. The van der Waals surface area contributed by atoms with E-state index in [2.05, 4.69) is 42.7 Å². The molecule has 0 aliphatic heterocycles. The highest BCUT2D eigenvalue weighted by atomic mass is 35.5. The summed E-state index contributed by atoms with van der Waals surface area (Å²) >= 11 is 11.3. The molecule has 0 fully saturated rings. The maximum Gasteiger partial charge on any atom is 0.416 e. The van der Waals surface area contributed by atoms with E-state index >= 15 is 0 Å². The molecule has 9 aromatic rings. The minimum absolute atomic E-state index is 0.0244. The van der Waals surface area contributed by atoms with Gasteiger partial charge in [-0.25, -0.2) is 0 Å². The van der Waals surface area contributed by atoms with E-state index in [0.29, 0.717) is 30.1 Å². The summed E-state index contributed by atoms with van der Waals surface area (Å²) in [4.78, 5) is 40.8. The van der Waals surface area contributed by atoms with Crippen molar-refractivity contribution in [2.75, 3.05) is 37.4 Å². The van der Waals surface area contributed by atoms with E-state index in [9.17, 15) is 61.5 Å². The molecule has 23 heteroatoms. The minimum Gasteiger partial charge on any atom is -0.496 e. The van der Waals surface area contributed by atoms with E-state index in [4.69, 9.17) is 38.4 Å². The molecule has 1 amide bonds. The molecule has 9 aromatic carbocycles. The number of halogens is 8. The van der Waals surface area contributed by atoms with Crippen molar-refractivity contribution in [3.8, 4) is 11.5 Å². The number of nitrogens with two attached hydrogens (primary N) is 1. The predicted molar refractivity (Wildman–Crippen MR) is 398 cm³/mol. The van der Waals surface area contributed by atoms with Crippen molar-refractivity contribution in [1.82, 2.24) is 0 Å². The lowest BCUT2D eigenvalue weighted by molar-refractivity contribution is -0.386. The van der Waals surface area contributed by atoms with Crippen LogP contribution >= 0.6 is 23.2 Å². The van der Waals surface area contributed by atoms with Crippen LogP contribution in [0.1, 0.15) is 111 Å². The number of ether oxygens (including phenoxy) is 2. The Balaban J connectivity index is 0.000000572. The van der Waals surface area contributed by atoms with E-state index in [-0.39, 0.29) is 44.4 Å². The maximum absolute atomic E-state index is 12.2. The van der Waals surface area contributed by atoms with Gasteiger partial charge < -0.3 is 25.8 Å². The maximum atomic E-state index is 12.2. The zero-order valence-corrected chi connectivity index (χ0v) is 61.3. The number of alkyl halides is 6. The number of amides is 1. The van der Waals surface area contributed by atoms with Gasteiger partial charge in [0.1, 0.15) is 5.75 Å². The third-order valence-electron chi connectivity index (χ3n) is 14.0. The number of benzene rings is 9. The lowest BCUT2D eigenvalue weighted by atomic mass is 10.1. The first kappa shape index (κ1) is 89.2. The molecule has 0 aliphatic carbocycles. The number of rotatable bonds is 13. The number of para-hydroxylation sites is 2. The normalized spacial score (nSPS) is 10.1. The van der Waals surface area contributed by atoms with E-state index in [1.165, 1.54) is 78.4 Å². The highest BCUT2D eigenvalue weighted by Crippen LogP contribution is 2.36. The summed E-state index contributed by atoms with van der Waals surface area (Å²) in [6.07, 6.45) is -5.97. The van der Waals surface area contributed by atoms with E-state index in [0.717, 1.165) is 68.8 Å². The number of nitrogens with one attached hydrogen (secondary N) is 2. The van der Waals surface area contributed by atoms with Gasteiger partial charge in [-0.05, 0) is 226 Å². The van der Waals surface area contributed by atoms with Crippen LogP contribution in [0, 0.1) is 113 Å². The number of unbranched alkanes of at least 4 members (excludes halogenated alkanes) is 2. The Kier molecular flexibility index (Phi) is 41.1. The average molecular weight is 1440 g/mol. The molecular weight excluding hydrogens is 1350 g/mol. The van der Waals surface area contributed by atoms with Crippen LogP contribution in [-0.2, 0) is 17.1 Å². The highest BCUT2D eigenvalue weighted by Gasteiger charge is 2.36. The molecule has 9 rings (SSSR count). The molecule has 0 aromatic heterocycles. The largest absolute Gasteiger partial charge is 0.496 e. The lowest BCUT2D eigenvalue weighted by Crippen LogP contribution is -2.11. The van der Waals surface area contributed by atoms with Crippen LogP contribution in [0.4, 0.5) is 54.8 Å². The van der Waals surface area contributed by atoms with Gasteiger partial charge in [-0.15, -0.1) is 0 Å². The Bertz CT molecular complexity index is 3950. The Morgan fingerprint density at radius 2 is 0.921 bits per heavy atom. The summed E-state index contributed by atoms with van der Waals surface area (Å²) in [5.74, 6) is 1.26. The van der Waals surface area contributed by atoms with Crippen molar-refractivity contribution >= 4 is 57.5 Å². The van der Waals surface area contributed by atoms with Gasteiger partial charge in [-0.1, -0.05) is 138 Å². The second-order valence-corrected chi connectivity index (χ2v) is 23.8. The van der Waals surface area contributed by atoms with Crippen LogP contribution in [0.25, 0.3) is 0 Å². The van der Waals surface area contributed by atoms with Gasteiger partial charge in [0, 0.05) is 64.2 Å². The molecule has 0 heterocycles. The number of nitro benzene ring substituents is 3. The van der Waals surface area contributed by atoms with Crippen LogP contribution in [0.5, 0.6) is 11.5 Å². The van der Waals surface area contributed by atoms with Crippen molar-refractivity contribution in [3.63, 3.8) is 0 Å². The zero-order valence-electron chi connectivity index (χ0n) is 59.8. The molecule has 0 bridgehead atoms. The highest BCUT2D eigenvalue weighted by molar-refractivity contribution is 6.30. The molecular formula is C78H92Cl2F6N6O9. The van der Waals surface area contributed by atoms with E-state index in [1.54, 1.807) is 64.3 Å². The van der Waals surface area contributed by atoms with Crippen molar-refractivity contribution in [2.24, 2.45) is 5.73 Å². The fourth-order valence-electron chi connectivity index (χ4n) is 8.44. The lowest BCUT2D eigenvalue weighted by Gasteiger charge is -2.12. The van der Waals surface area contributed by atoms with Crippen molar-refractivity contribution in [1.29, 1.82) is 0 Å². The summed E-state index contributed by atoms with van der Waals surface area (Å²) in [7, 11) is 1.68. The number of carbonyl (C=O) groups is 1. The first-order chi connectivity index (χ1) is 47.3.